The van der Waals surface area contributed by atoms with Crippen LogP contribution in [0.4, 0.5) is 0 Å². The molecule has 3 N–H and O–H groups in total. The summed E-state index contributed by atoms with van der Waals surface area (Å²) in [5.41, 5.74) is -0.0978. The molecule has 1 saturated carbocycles. The van der Waals surface area contributed by atoms with Crippen LogP contribution in [0.1, 0.15) is 19.3 Å². The minimum Gasteiger partial charge on any atom is -0.389 e. The van der Waals surface area contributed by atoms with Gasteiger partial charge in [0.05, 0.1) is 12.2 Å². The van der Waals surface area contributed by atoms with Gasteiger partial charge in [0.2, 0.25) is 0 Å². The van der Waals surface area contributed by atoms with Crippen molar-refractivity contribution in [3.63, 3.8) is 0 Å². The van der Waals surface area contributed by atoms with E-state index in [-0.39, 0.29) is 5.54 Å². The van der Waals surface area contributed by atoms with Gasteiger partial charge >= 0.3 is 0 Å². The molecule has 2 fully saturated rings. The first-order valence-corrected chi connectivity index (χ1v) is 3.86. The Bertz CT molecular complexity index is 145. The molecule has 0 aromatic rings. The minimum absolute atomic E-state index is 0.0978. The minimum atomic E-state index is -0.541. The summed E-state index contributed by atoms with van der Waals surface area (Å²) in [5.74, 6) is 0. The molecule has 2 atom stereocenters. The van der Waals surface area contributed by atoms with Crippen LogP contribution >= 0.6 is 0 Å². The van der Waals surface area contributed by atoms with Crippen molar-refractivity contribution >= 4 is 0 Å². The highest BCUT2D eigenvalue weighted by Gasteiger charge is 2.50. The van der Waals surface area contributed by atoms with Gasteiger partial charge in [0, 0.05) is 12.1 Å². The van der Waals surface area contributed by atoms with Gasteiger partial charge in [-0.1, -0.05) is 0 Å². The Morgan fingerprint density at radius 2 is 2.00 bits per heavy atom. The van der Waals surface area contributed by atoms with E-state index in [0.29, 0.717) is 6.54 Å². The standard InChI is InChI=1S/C7H13NO2/c9-5-4-8-7(6(5)10)2-1-3-7/h5-6,8-10H,1-4H2. The highest BCUT2D eigenvalue weighted by molar-refractivity contribution is 5.09. The molecule has 3 nitrogen and oxygen atoms in total. The van der Waals surface area contributed by atoms with Gasteiger partial charge in [0.15, 0.2) is 0 Å². The van der Waals surface area contributed by atoms with Crippen LogP contribution < -0.4 is 5.32 Å². The molecule has 0 radical (unpaired) electrons. The molecular weight excluding hydrogens is 130 g/mol. The van der Waals surface area contributed by atoms with Crippen molar-refractivity contribution in [1.29, 1.82) is 0 Å². The Morgan fingerprint density at radius 1 is 1.30 bits per heavy atom. The molecular formula is C7H13NO2. The van der Waals surface area contributed by atoms with E-state index < -0.39 is 12.2 Å². The number of aliphatic hydroxyl groups excluding tert-OH is 2. The molecule has 1 aliphatic carbocycles. The number of aliphatic hydroxyl groups is 2. The van der Waals surface area contributed by atoms with Crippen molar-refractivity contribution < 1.29 is 10.2 Å². The lowest BCUT2D eigenvalue weighted by Crippen LogP contribution is -2.54. The molecule has 2 unspecified atom stereocenters. The molecule has 1 heterocycles. The predicted molar refractivity (Wildman–Crippen MR) is 36.6 cm³/mol. The van der Waals surface area contributed by atoms with E-state index in [0.717, 1.165) is 12.8 Å². The zero-order valence-electron chi connectivity index (χ0n) is 5.88. The molecule has 0 aromatic heterocycles. The SMILES string of the molecule is OC1CNC2(CCC2)C1O. The van der Waals surface area contributed by atoms with Crippen molar-refractivity contribution in [3.8, 4) is 0 Å². The second kappa shape index (κ2) is 1.94. The fraction of sp³-hybridized carbons (Fsp3) is 1.00. The number of β-amino-alcohol motifs (C(OH)–C–C–N with tert-alkyl or cyclic N) is 1. The smallest absolute Gasteiger partial charge is 0.0992 e. The molecule has 0 bridgehead atoms. The Kier molecular flexibility index (Phi) is 1.27. The number of rotatable bonds is 0. The fourth-order valence-electron chi connectivity index (χ4n) is 1.92. The molecule has 1 spiro atoms. The number of hydrogen-bond donors (Lipinski definition) is 3. The average molecular weight is 143 g/mol. The van der Waals surface area contributed by atoms with Gasteiger partial charge in [0.1, 0.15) is 0 Å². The van der Waals surface area contributed by atoms with Gasteiger partial charge in [-0.05, 0) is 19.3 Å². The maximum Gasteiger partial charge on any atom is 0.0992 e. The second-order valence-electron chi connectivity index (χ2n) is 3.40. The van der Waals surface area contributed by atoms with Crippen LogP contribution in [0, 0.1) is 0 Å². The molecule has 2 aliphatic rings. The second-order valence-corrected chi connectivity index (χ2v) is 3.40. The quantitative estimate of drug-likeness (QED) is 0.417. The lowest BCUT2D eigenvalue weighted by molar-refractivity contribution is -0.0169. The van der Waals surface area contributed by atoms with E-state index in [2.05, 4.69) is 5.32 Å². The van der Waals surface area contributed by atoms with E-state index in [1.807, 2.05) is 0 Å². The molecule has 2 rings (SSSR count). The highest BCUT2D eigenvalue weighted by Crippen LogP contribution is 2.38. The first kappa shape index (κ1) is 6.58. The van der Waals surface area contributed by atoms with Gasteiger partial charge in [0.25, 0.3) is 0 Å². The van der Waals surface area contributed by atoms with Crippen molar-refractivity contribution in [2.45, 2.75) is 37.0 Å². The molecule has 1 saturated heterocycles. The first-order valence-electron chi connectivity index (χ1n) is 3.86. The molecule has 10 heavy (non-hydrogen) atoms. The summed E-state index contributed by atoms with van der Waals surface area (Å²) < 4.78 is 0. The zero-order valence-corrected chi connectivity index (χ0v) is 5.88. The molecule has 3 heteroatoms. The maximum absolute atomic E-state index is 9.46. The van der Waals surface area contributed by atoms with Gasteiger partial charge in [-0.25, -0.2) is 0 Å². The molecule has 1 aliphatic heterocycles. The van der Waals surface area contributed by atoms with Crippen LogP contribution in [-0.2, 0) is 0 Å². The van der Waals surface area contributed by atoms with Crippen molar-refractivity contribution in [2.75, 3.05) is 6.54 Å². The van der Waals surface area contributed by atoms with Crippen molar-refractivity contribution in [2.24, 2.45) is 0 Å². The number of nitrogens with one attached hydrogen (secondary N) is 1. The normalized spacial score (nSPS) is 43.8. The number of hydrogen-bond acceptors (Lipinski definition) is 3. The topological polar surface area (TPSA) is 52.5 Å². The Balaban J connectivity index is 2.10. The lowest BCUT2D eigenvalue weighted by Gasteiger charge is -2.41. The van der Waals surface area contributed by atoms with Crippen LogP contribution in [0.2, 0.25) is 0 Å². The van der Waals surface area contributed by atoms with Gasteiger partial charge in [-0.3, -0.25) is 0 Å². The van der Waals surface area contributed by atoms with Gasteiger partial charge in [-0.2, -0.15) is 0 Å². The third-order valence-corrected chi connectivity index (χ3v) is 2.84. The monoisotopic (exact) mass is 143 g/mol. The summed E-state index contributed by atoms with van der Waals surface area (Å²) in [6.07, 6.45) is 2.15. The van der Waals surface area contributed by atoms with Crippen molar-refractivity contribution in [1.82, 2.24) is 5.32 Å². The highest BCUT2D eigenvalue weighted by atomic mass is 16.3. The third-order valence-electron chi connectivity index (χ3n) is 2.84. The summed E-state index contributed by atoms with van der Waals surface area (Å²) >= 11 is 0. The van der Waals surface area contributed by atoms with E-state index in [9.17, 15) is 10.2 Å². The fourth-order valence-corrected chi connectivity index (χ4v) is 1.92. The van der Waals surface area contributed by atoms with E-state index in [1.165, 1.54) is 6.42 Å². The van der Waals surface area contributed by atoms with E-state index >= 15 is 0 Å². The molecule has 0 aromatic carbocycles. The summed E-state index contributed by atoms with van der Waals surface area (Å²) in [4.78, 5) is 0. The van der Waals surface area contributed by atoms with Gasteiger partial charge < -0.3 is 15.5 Å². The average Bonchev–Trinajstić information content (AvgIpc) is 2.10. The Hall–Kier alpha value is -0.120. The first-order chi connectivity index (χ1) is 4.75. The summed E-state index contributed by atoms with van der Waals surface area (Å²) in [7, 11) is 0. The van der Waals surface area contributed by atoms with Crippen LogP contribution in [0.15, 0.2) is 0 Å². The molecule has 58 valence electrons. The van der Waals surface area contributed by atoms with Crippen LogP contribution in [0.25, 0.3) is 0 Å². The van der Waals surface area contributed by atoms with Crippen LogP contribution in [-0.4, -0.2) is 34.5 Å². The predicted octanol–water partition coefficient (Wildman–Crippen LogP) is -0.766. The van der Waals surface area contributed by atoms with E-state index in [4.69, 9.17) is 0 Å². The van der Waals surface area contributed by atoms with E-state index in [1.54, 1.807) is 0 Å². The molecule has 0 amide bonds. The summed E-state index contributed by atoms with van der Waals surface area (Å²) in [6, 6.07) is 0. The Labute approximate surface area is 60.1 Å². The third kappa shape index (κ3) is 0.654. The van der Waals surface area contributed by atoms with Crippen molar-refractivity contribution in [3.05, 3.63) is 0 Å². The Morgan fingerprint density at radius 3 is 2.20 bits per heavy atom. The van der Waals surface area contributed by atoms with Crippen LogP contribution in [0.5, 0.6) is 0 Å². The van der Waals surface area contributed by atoms with Gasteiger partial charge in [-0.15, -0.1) is 0 Å². The lowest BCUT2D eigenvalue weighted by atomic mass is 9.74. The van der Waals surface area contributed by atoms with Crippen LogP contribution in [0.3, 0.4) is 0 Å². The largest absolute Gasteiger partial charge is 0.389 e. The summed E-state index contributed by atoms with van der Waals surface area (Å²) in [5, 5.41) is 21.8. The maximum atomic E-state index is 9.46. The zero-order chi connectivity index (χ0) is 7.19. The summed E-state index contributed by atoms with van der Waals surface area (Å²) in [6.45, 7) is 0.557.